The third-order valence-electron chi connectivity index (χ3n) is 2.61. The van der Waals surface area contributed by atoms with E-state index in [1.165, 1.54) is 29.8 Å². The summed E-state index contributed by atoms with van der Waals surface area (Å²) < 4.78 is 10.5. The van der Waals surface area contributed by atoms with Crippen LogP contribution in [0.5, 0.6) is 5.75 Å². The van der Waals surface area contributed by atoms with Crippen LogP contribution in [0.25, 0.3) is 11.5 Å². The number of thiophene rings is 1. The standard InChI is InChI=1S/C13H9N3O4S/c17-13(18)9-1-3-14-5-10(9)19-6-11-15-12(20-16-11)8-2-4-21-7-8/h1-5,7H,6H2,(H,17,18). The fraction of sp³-hybridized carbons (Fsp3) is 0.0769. The lowest BCUT2D eigenvalue weighted by Crippen LogP contribution is -2.04. The van der Waals surface area contributed by atoms with Crippen molar-refractivity contribution >= 4 is 17.3 Å². The van der Waals surface area contributed by atoms with Gasteiger partial charge in [0.05, 0.1) is 11.8 Å². The Morgan fingerprint density at radius 1 is 1.43 bits per heavy atom. The van der Waals surface area contributed by atoms with E-state index in [1.54, 1.807) is 0 Å². The second kappa shape index (κ2) is 5.71. The summed E-state index contributed by atoms with van der Waals surface area (Å²) in [6.45, 7) is -0.000386. The molecule has 1 N–H and O–H groups in total. The summed E-state index contributed by atoms with van der Waals surface area (Å²) in [4.78, 5) is 19.0. The number of aromatic nitrogens is 3. The molecule has 0 saturated carbocycles. The normalized spacial score (nSPS) is 10.5. The van der Waals surface area contributed by atoms with Gasteiger partial charge in [0.25, 0.3) is 5.89 Å². The first kappa shape index (κ1) is 13.3. The van der Waals surface area contributed by atoms with Crippen LogP contribution in [0, 0.1) is 0 Å². The molecule has 0 aliphatic rings. The number of pyridine rings is 1. The zero-order valence-corrected chi connectivity index (χ0v) is 11.4. The summed E-state index contributed by atoms with van der Waals surface area (Å²) in [5.41, 5.74) is 0.873. The maximum absolute atomic E-state index is 11.0. The summed E-state index contributed by atoms with van der Waals surface area (Å²) in [7, 11) is 0. The van der Waals surface area contributed by atoms with Crippen molar-refractivity contribution in [2.24, 2.45) is 0 Å². The fourth-order valence-corrected chi connectivity index (χ4v) is 2.26. The predicted octanol–water partition coefficient (Wildman–Crippen LogP) is 2.47. The quantitative estimate of drug-likeness (QED) is 0.773. The van der Waals surface area contributed by atoms with Gasteiger partial charge in [0.2, 0.25) is 5.82 Å². The number of carboxylic acid groups (broad SMARTS) is 1. The van der Waals surface area contributed by atoms with Crippen molar-refractivity contribution in [2.75, 3.05) is 0 Å². The van der Waals surface area contributed by atoms with Gasteiger partial charge in [-0.2, -0.15) is 16.3 Å². The minimum atomic E-state index is -1.08. The Balaban J connectivity index is 1.73. The Morgan fingerprint density at radius 2 is 2.33 bits per heavy atom. The molecular weight excluding hydrogens is 294 g/mol. The zero-order valence-electron chi connectivity index (χ0n) is 10.6. The minimum absolute atomic E-state index is 0.000386. The zero-order chi connectivity index (χ0) is 14.7. The van der Waals surface area contributed by atoms with Gasteiger partial charge in [-0.3, -0.25) is 4.98 Å². The number of nitrogens with zero attached hydrogens (tertiary/aromatic N) is 3. The number of ether oxygens (including phenoxy) is 1. The van der Waals surface area contributed by atoms with Gasteiger partial charge in [-0.05, 0) is 17.5 Å². The first-order chi connectivity index (χ1) is 10.2. The largest absolute Gasteiger partial charge is 0.483 e. The van der Waals surface area contributed by atoms with E-state index in [0.717, 1.165) is 5.56 Å². The fourth-order valence-electron chi connectivity index (χ4n) is 1.63. The first-order valence-corrected chi connectivity index (χ1v) is 6.83. The predicted molar refractivity (Wildman–Crippen MR) is 73.1 cm³/mol. The average molecular weight is 303 g/mol. The minimum Gasteiger partial charge on any atom is -0.483 e. The molecule has 0 atom stereocenters. The highest BCUT2D eigenvalue weighted by Crippen LogP contribution is 2.21. The first-order valence-electron chi connectivity index (χ1n) is 5.89. The van der Waals surface area contributed by atoms with E-state index in [9.17, 15) is 4.79 Å². The number of hydrogen-bond acceptors (Lipinski definition) is 7. The van der Waals surface area contributed by atoms with Crippen molar-refractivity contribution in [1.82, 2.24) is 15.1 Å². The number of carboxylic acids is 1. The lowest BCUT2D eigenvalue weighted by molar-refractivity contribution is 0.0691. The molecule has 3 rings (SSSR count). The topological polar surface area (TPSA) is 98.3 Å². The Labute approximate surface area is 122 Å². The van der Waals surface area contributed by atoms with E-state index in [2.05, 4.69) is 15.1 Å². The molecule has 0 fully saturated rings. The van der Waals surface area contributed by atoms with Crippen molar-refractivity contribution in [3.8, 4) is 17.2 Å². The van der Waals surface area contributed by atoms with E-state index in [4.69, 9.17) is 14.4 Å². The van der Waals surface area contributed by atoms with Crippen LogP contribution in [0.15, 0.2) is 39.8 Å². The summed E-state index contributed by atoms with van der Waals surface area (Å²) in [6, 6.07) is 3.23. The Hall–Kier alpha value is -2.74. The van der Waals surface area contributed by atoms with E-state index in [-0.39, 0.29) is 17.9 Å². The van der Waals surface area contributed by atoms with Crippen LogP contribution >= 0.6 is 11.3 Å². The highest BCUT2D eigenvalue weighted by molar-refractivity contribution is 7.08. The van der Waals surface area contributed by atoms with Gasteiger partial charge in [-0.25, -0.2) is 4.79 Å². The van der Waals surface area contributed by atoms with Crippen molar-refractivity contribution in [1.29, 1.82) is 0 Å². The monoisotopic (exact) mass is 303 g/mol. The van der Waals surface area contributed by atoms with Crippen LogP contribution < -0.4 is 4.74 Å². The van der Waals surface area contributed by atoms with E-state index < -0.39 is 5.97 Å². The van der Waals surface area contributed by atoms with Crippen molar-refractivity contribution in [3.05, 3.63) is 46.7 Å². The molecule has 3 aromatic rings. The summed E-state index contributed by atoms with van der Waals surface area (Å²) in [5, 5.41) is 16.6. The third kappa shape index (κ3) is 2.90. The van der Waals surface area contributed by atoms with Crippen LogP contribution in [0.2, 0.25) is 0 Å². The number of carbonyl (C=O) groups is 1. The Bertz CT molecular complexity index is 754. The molecular formula is C13H9N3O4S. The number of aromatic carboxylic acids is 1. The van der Waals surface area contributed by atoms with Crippen LogP contribution in [0.3, 0.4) is 0 Å². The van der Waals surface area contributed by atoms with Crippen molar-refractivity contribution in [2.45, 2.75) is 6.61 Å². The molecule has 8 heteroatoms. The van der Waals surface area contributed by atoms with Gasteiger partial charge in [0.15, 0.2) is 12.4 Å². The van der Waals surface area contributed by atoms with Crippen LogP contribution in [-0.4, -0.2) is 26.2 Å². The van der Waals surface area contributed by atoms with Gasteiger partial charge in [-0.1, -0.05) is 5.16 Å². The molecule has 0 spiro atoms. The molecule has 106 valence electrons. The smallest absolute Gasteiger partial charge is 0.339 e. The second-order valence-corrected chi connectivity index (χ2v) is 4.77. The third-order valence-corrected chi connectivity index (χ3v) is 3.29. The molecule has 0 amide bonds. The Morgan fingerprint density at radius 3 is 3.10 bits per heavy atom. The molecule has 3 aromatic heterocycles. The van der Waals surface area contributed by atoms with Gasteiger partial charge in [0.1, 0.15) is 5.56 Å². The SMILES string of the molecule is O=C(O)c1ccncc1OCc1noc(-c2ccsc2)n1. The molecule has 0 aliphatic carbocycles. The molecule has 7 nitrogen and oxygen atoms in total. The van der Waals surface area contributed by atoms with Crippen molar-refractivity contribution in [3.63, 3.8) is 0 Å². The molecule has 0 saturated heterocycles. The van der Waals surface area contributed by atoms with Gasteiger partial charge < -0.3 is 14.4 Å². The summed E-state index contributed by atoms with van der Waals surface area (Å²) in [5.74, 6) is -0.192. The lowest BCUT2D eigenvalue weighted by atomic mass is 10.2. The maximum Gasteiger partial charge on any atom is 0.339 e. The average Bonchev–Trinajstić information content (AvgIpc) is 3.16. The highest BCUT2D eigenvalue weighted by Gasteiger charge is 2.13. The van der Waals surface area contributed by atoms with Crippen LogP contribution in [0.4, 0.5) is 0 Å². The number of rotatable bonds is 5. The molecule has 0 aliphatic heterocycles. The van der Waals surface area contributed by atoms with E-state index >= 15 is 0 Å². The summed E-state index contributed by atoms with van der Waals surface area (Å²) in [6.07, 6.45) is 2.72. The highest BCUT2D eigenvalue weighted by atomic mass is 32.1. The molecule has 0 unspecified atom stereocenters. The van der Waals surface area contributed by atoms with Crippen molar-refractivity contribution < 1.29 is 19.2 Å². The van der Waals surface area contributed by atoms with E-state index in [1.807, 2.05) is 16.8 Å². The van der Waals surface area contributed by atoms with Crippen LogP contribution in [0.1, 0.15) is 16.2 Å². The molecule has 0 aromatic carbocycles. The molecule has 21 heavy (non-hydrogen) atoms. The lowest BCUT2D eigenvalue weighted by Gasteiger charge is -2.05. The number of hydrogen-bond donors (Lipinski definition) is 1. The molecule has 0 radical (unpaired) electrons. The molecule has 0 bridgehead atoms. The van der Waals surface area contributed by atoms with Gasteiger partial charge >= 0.3 is 5.97 Å². The summed E-state index contributed by atoms with van der Waals surface area (Å²) >= 11 is 1.53. The van der Waals surface area contributed by atoms with Gasteiger partial charge in [-0.15, -0.1) is 0 Å². The second-order valence-electron chi connectivity index (χ2n) is 3.99. The van der Waals surface area contributed by atoms with Gasteiger partial charge in [0, 0.05) is 11.6 Å². The maximum atomic E-state index is 11.0. The van der Waals surface area contributed by atoms with E-state index in [0.29, 0.717) is 11.7 Å². The van der Waals surface area contributed by atoms with Crippen LogP contribution in [-0.2, 0) is 6.61 Å². The Kier molecular flexibility index (Phi) is 3.61. The molecule has 3 heterocycles.